The lowest BCUT2D eigenvalue weighted by atomic mass is 9.81. The van der Waals surface area contributed by atoms with Crippen LogP contribution in [0.1, 0.15) is 70.0 Å². The van der Waals surface area contributed by atoms with Gasteiger partial charge in [-0.05, 0) is 32.6 Å². The molecular formula is C14H22N2O3. The Balaban J connectivity index is 1.90. The van der Waals surface area contributed by atoms with E-state index >= 15 is 0 Å². The first-order valence-electron chi connectivity index (χ1n) is 7.12. The van der Waals surface area contributed by atoms with Crippen molar-refractivity contribution < 1.29 is 14.1 Å². The highest BCUT2D eigenvalue weighted by molar-refractivity contribution is 5.72. The van der Waals surface area contributed by atoms with Gasteiger partial charge in [-0.2, -0.15) is 4.98 Å². The van der Waals surface area contributed by atoms with Crippen molar-refractivity contribution >= 4 is 5.97 Å². The van der Waals surface area contributed by atoms with Gasteiger partial charge >= 0.3 is 5.97 Å². The van der Waals surface area contributed by atoms with Gasteiger partial charge in [0.1, 0.15) is 0 Å². The summed E-state index contributed by atoms with van der Waals surface area (Å²) in [6.45, 7) is 6.38. The minimum atomic E-state index is -0.0584. The van der Waals surface area contributed by atoms with E-state index in [0.29, 0.717) is 18.4 Å². The van der Waals surface area contributed by atoms with Crippen LogP contribution in [0, 0.1) is 5.92 Å². The fraction of sp³-hybridized carbons (Fsp3) is 0.786. The second kappa shape index (κ2) is 6.17. The summed E-state index contributed by atoms with van der Waals surface area (Å²) in [6.07, 6.45) is 3.57. The van der Waals surface area contributed by atoms with Crippen LogP contribution in [0.5, 0.6) is 0 Å². The number of ether oxygens (including phenoxy) is 1. The summed E-state index contributed by atoms with van der Waals surface area (Å²) >= 11 is 0. The second-order valence-corrected chi connectivity index (χ2v) is 5.45. The Morgan fingerprint density at radius 3 is 2.58 bits per heavy atom. The first-order chi connectivity index (χ1) is 9.11. The Bertz CT molecular complexity index is 420. The largest absolute Gasteiger partial charge is 0.466 e. The molecular weight excluding hydrogens is 244 g/mol. The number of aromatic nitrogens is 2. The zero-order chi connectivity index (χ0) is 13.8. The molecule has 19 heavy (non-hydrogen) atoms. The molecule has 1 heterocycles. The Morgan fingerprint density at radius 2 is 2.05 bits per heavy atom. The number of hydrogen-bond donors (Lipinski definition) is 0. The van der Waals surface area contributed by atoms with Crippen LogP contribution in [-0.4, -0.2) is 22.7 Å². The number of nitrogens with zero attached hydrogens (tertiary/aromatic N) is 2. The van der Waals surface area contributed by atoms with Crippen LogP contribution < -0.4 is 0 Å². The second-order valence-electron chi connectivity index (χ2n) is 5.45. The minimum absolute atomic E-state index is 0.0488. The Kier molecular flexibility index (Phi) is 4.56. The predicted octanol–water partition coefficient (Wildman–Crippen LogP) is 3.03. The molecule has 1 aromatic heterocycles. The third kappa shape index (κ3) is 3.33. The lowest BCUT2D eigenvalue weighted by Crippen LogP contribution is -2.23. The van der Waals surface area contributed by atoms with Gasteiger partial charge in [0.2, 0.25) is 5.89 Å². The molecule has 0 saturated heterocycles. The Hall–Kier alpha value is -1.39. The number of esters is 1. The molecule has 1 fully saturated rings. The van der Waals surface area contributed by atoms with E-state index in [-0.39, 0.29) is 17.8 Å². The van der Waals surface area contributed by atoms with Crippen molar-refractivity contribution in [1.82, 2.24) is 10.1 Å². The van der Waals surface area contributed by atoms with Crippen molar-refractivity contribution in [1.29, 1.82) is 0 Å². The molecule has 0 unspecified atom stereocenters. The SMILES string of the molecule is CCOC(=O)C1CCC(c2noc(C(C)C)n2)CC1. The van der Waals surface area contributed by atoms with Crippen molar-refractivity contribution in [2.45, 2.75) is 58.3 Å². The number of hydrogen-bond acceptors (Lipinski definition) is 5. The quantitative estimate of drug-likeness (QED) is 0.784. The van der Waals surface area contributed by atoms with Crippen molar-refractivity contribution in [2.24, 2.45) is 5.92 Å². The molecule has 0 spiro atoms. The molecule has 1 aliphatic carbocycles. The molecule has 106 valence electrons. The Morgan fingerprint density at radius 1 is 1.37 bits per heavy atom. The van der Waals surface area contributed by atoms with Crippen molar-refractivity contribution in [3.8, 4) is 0 Å². The molecule has 1 aromatic rings. The normalized spacial score (nSPS) is 23.6. The number of rotatable bonds is 4. The van der Waals surface area contributed by atoms with Crippen molar-refractivity contribution in [3.05, 3.63) is 11.7 Å². The summed E-state index contributed by atoms with van der Waals surface area (Å²) in [6, 6.07) is 0. The lowest BCUT2D eigenvalue weighted by molar-refractivity contribution is -0.149. The van der Waals surface area contributed by atoms with Gasteiger partial charge in [0, 0.05) is 11.8 Å². The van der Waals surface area contributed by atoms with Crippen LogP contribution in [0.25, 0.3) is 0 Å². The summed E-state index contributed by atoms with van der Waals surface area (Å²) in [4.78, 5) is 16.1. The van der Waals surface area contributed by atoms with Gasteiger partial charge in [-0.25, -0.2) is 0 Å². The van der Waals surface area contributed by atoms with Crippen LogP contribution in [0.4, 0.5) is 0 Å². The van der Waals surface area contributed by atoms with Crippen LogP contribution in [0.15, 0.2) is 4.52 Å². The fourth-order valence-corrected chi connectivity index (χ4v) is 2.50. The molecule has 0 radical (unpaired) electrons. The maximum atomic E-state index is 11.7. The Labute approximate surface area is 113 Å². The average Bonchev–Trinajstić information content (AvgIpc) is 2.89. The smallest absolute Gasteiger partial charge is 0.308 e. The van der Waals surface area contributed by atoms with Crippen molar-refractivity contribution in [2.75, 3.05) is 6.61 Å². The summed E-state index contributed by atoms with van der Waals surface area (Å²) in [5, 5.41) is 4.07. The summed E-state index contributed by atoms with van der Waals surface area (Å²) < 4.78 is 10.3. The zero-order valence-corrected chi connectivity index (χ0v) is 11.9. The number of carbonyl (C=O) groups is 1. The van der Waals surface area contributed by atoms with E-state index in [0.717, 1.165) is 31.5 Å². The molecule has 5 heteroatoms. The molecule has 1 aliphatic rings. The van der Waals surface area contributed by atoms with E-state index in [2.05, 4.69) is 10.1 Å². The van der Waals surface area contributed by atoms with E-state index in [4.69, 9.17) is 9.26 Å². The van der Waals surface area contributed by atoms with Gasteiger partial charge in [0.25, 0.3) is 0 Å². The minimum Gasteiger partial charge on any atom is -0.466 e. The third-order valence-corrected chi connectivity index (χ3v) is 3.66. The van der Waals surface area contributed by atoms with Gasteiger partial charge in [-0.3, -0.25) is 4.79 Å². The first kappa shape index (κ1) is 14.0. The summed E-state index contributed by atoms with van der Waals surface area (Å²) in [7, 11) is 0. The molecule has 0 aromatic carbocycles. The maximum Gasteiger partial charge on any atom is 0.308 e. The summed E-state index contributed by atoms with van der Waals surface area (Å²) in [5.74, 6) is 2.07. The zero-order valence-electron chi connectivity index (χ0n) is 11.9. The molecule has 1 saturated carbocycles. The average molecular weight is 266 g/mol. The molecule has 0 bridgehead atoms. The predicted molar refractivity (Wildman–Crippen MR) is 69.7 cm³/mol. The molecule has 0 aliphatic heterocycles. The van der Waals surface area contributed by atoms with Gasteiger partial charge in [0.15, 0.2) is 5.82 Å². The monoisotopic (exact) mass is 266 g/mol. The van der Waals surface area contributed by atoms with Gasteiger partial charge in [-0.15, -0.1) is 0 Å². The van der Waals surface area contributed by atoms with Crippen LogP contribution >= 0.6 is 0 Å². The van der Waals surface area contributed by atoms with Gasteiger partial charge in [-0.1, -0.05) is 19.0 Å². The topological polar surface area (TPSA) is 65.2 Å². The van der Waals surface area contributed by atoms with Crippen LogP contribution in [0.3, 0.4) is 0 Å². The molecule has 0 atom stereocenters. The highest BCUT2D eigenvalue weighted by atomic mass is 16.5. The highest BCUT2D eigenvalue weighted by Crippen LogP contribution is 2.35. The van der Waals surface area contributed by atoms with Crippen molar-refractivity contribution in [3.63, 3.8) is 0 Å². The molecule has 0 N–H and O–H groups in total. The van der Waals surface area contributed by atoms with E-state index in [1.807, 2.05) is 20.8 Å². The standard InChI is InChI=1S/C14H22N2O3/c1-4-18-14(17)11-7-5-10(6-8-11)12-15-13(9(2)3)19-16-12/h9-11H,4-8H2,1-3H3. The van der Waals surface area contributed by atoms with Gasteiger partial charge in [0.05, 0.1) is 12.5 Å². The van der Waals surface area contributed by atoms with E-state index in [1.54, 1.807) is 0 Å². The molecule has 0 amide bonds. The van der Waals surface area contributed by atoms with Crippen LogP contribution in [-0.2, 0) is 9.53 Å². The summed E-state index contributed by atoms with van der Waals surface area (Å²) in [5.41, 5.74) is 0. The first-order valence-corrected chi connectivity index (χ1v) is 7.12. The van der Waals surface area contributed by atoms with E-state index in [1.165, 1.54) is 0 Å². The molecule has 2 rings (SSSR count). The fourth-order valence-electron chi connectivity index (χ4n) is 2.50. The lowest BCUT2D eigenvalue weighted by Gasteiger charge is -2.24. The van der Waals surface area contributed by atoms with E-state index in [9.17, 15) is 4.79 Å². The third-order valence-electron chi connectivity index (χ3n) is 3.66. The van der Waals surface area contributed by atoms with Crippen LogP contribution in [0.2, 0.25) is 0 Å². The maximum absolute atomic E-state index is 11.7. The highest BCUT2D eigenvalue weighted by Gasteiger charge is 2.30. The molecule has 5 nitrogen and oxygen atoms in total. The van der Waals surface area contributed by atoms with E-state index < -0.39 is 0 Å². The van der Waals surface area contributed by atoms with Gasteiger partial charge < -0.3 is 9.26 Å². The number of carbonyl (C=O) groups excluding carboxylic acids is 1.